The van der Waals surface area contributed by atoms with E-state index < -0.39 is 0 Å². The van der Waals surface area contributed by atoms with Crippen LogP contribution >= 0.6 is 0 Å². The molecule has 0 saturated heterocycles. The van der Waals surface area contributed by atoms with E-state index in [9.17, 15) is 4.79 Å². The number of hydrogen-bond donors (Lipinski definition) is 2. The van der Waals surface area contributed by atoms with Crippen molar-refractivity contribution in [3.63, 3.8) is 0 Å². The van der Waals surface area contributed by atoms with E-state index in [0.717, 1.165) is 16.9 Å². The summed E-state index contributed by atoms with van der Waals surface area (Å²) in [4.78, 5) is 20.2. The number of aromatic amines is 1. The number of hydrogen-bond acceptors (Lipinski definition) is 6. The first-order chi connectivity index (χ1) is 13.1. The third kappa shape index (κ3) is 3.80. The molecule has 0 aliphatic heterocycles. The van der Waals surface area contributed by atoms with Crippen LogP contribution in [0.1, 0.15) is 16.2 Å². The second kappa shape index (κ2) is 7.96. The molecule has 1 aromatic heterocycles. The fraction of sp³-hybridized carbons (Fsp3) is 0.263. The quantitative estimate of drug-likeness (QED) is 0.663. The minimum absolute atomic E-state index is 0.301. The Bertz CT molecular complexity index is 942. The third-order valence-corrected chi connectivity index (χ3v) is 4.00. The average Bonchev–Trinajstić information content (AvgIpc) is 3.08. The van der Waals surface area contributed by atoms with Crippen molar-refractivity contribution in [1.82, 2.24) is 9.97 Å². The zero-order chi connectivity index (χ0) is 19.4. The van der Waals surface area contributed by atoms with E-state index in [-0.39, 0.29) is 5.91 Å². The van der Waals surface area contributed by atoms with E-state index in [0.29, 0.717) is 35.1 Å². The van der Waals surface area contributed by atoms with Gasteiger partial charge in [0.2, 0.25) is 5.75 Å². The molecule has 0 spiro atoms. The van der Waals surface area contributed by atoms with Crippen LogP contribution in [-0.2, 0) is 11.3 Å². The van der Waals surface area contributed by atoms with Crippen molar-refractivity contribution in [2.75, 3.05) is 33.8 Å². The largest absolute Gasteiger partial charge is 0.493 e. The van der Waals surface area contributed by atoms with Crippen LogP contribution in [0.3, 0.4) is 0 Å². The van der Waals surface area contributed by atoms with Crippen LogP contribution in [0.4, 0.5) is 5.69 Å². The number of carbonyl (C=O) groups excluding carboxylic acids is 1. The van der Waals surface area contributed by atoms with E-state index in [2.05, 4.69) is 15.3 Å². The van der Waals surface area contributed by atoms with Gasteiger partial charge in [0, 0.05) is 18.4 Å². The van der Waals surface area contributed by atoms with Crippen molar-refractivity contribution < 1.29 is 23.7 Å². The van der Waals surface area contributed by atoms with Gasteiger partial charge in [-0.2, -0.15) is 0 Å². The molecule has 8 heteroatoms. The van der Waals surface area contributed by atoms with Crippen molar-refractivity contribution in [3.8, 4) is 17.2 Å². The molecule has 0 saturated carbocycles. The summed E-state index contributed by atoms with van der Waals surface area (Å²) < 4.78 is 20.9. The van der Waals surface area contributed by atoms with Gasteiger partial charge in [-0.1, -0.05) is 0 Å². The van der Waals surface area contributed by atoms with E-state index >= 15 is 0 Å². The Morgan fingerprint density at radius 1 is 1.04 bits per heavy atom. The Kier molecular flexibility index (Phi) is 5.46. The fourth-order valence-corrected chi connectivity index (χ4v) is 2.76. The number of benzene rings is 2. The molecule has 1 heterocycles. The lowest BCUT2D eigenvalue weighted by Gasteiger charge is -2.14. The number of rotatable bonds is 7. The van der Waals surface area contributed by atoms with E-state index in [1.807, 2.05) is 12.1 Å². The molecule has 0 aliphatic carbocycles. The third-order valence-electron chi connectivity index (χ3n) is 4.00. The van der Waals surface area contributed by atoms with Crippen LogP contribution in [-0.4, -0.2) is 44.3 Å². The van der Waals surface area contributed by atoms with E-state index in [4.69, 9.17) is 18.9 Å². The van der Waals surface area contributed by atoms with Gasteiger partial charge in [0.15, 0.2) is 11.5 Å². The number of anilines is 1. The Hall–Kier alpha value is -3.26. The number of imidazole rings is 1. The molecular weight excluding hydrogens is 350 g/mol. The summed E-state index contributed by atoms with van der Waals surface area (Å²) in [6.07, 6.45) is 0. The topological polar surface area (TPSA) is 94.7 Å². The first-order valence-corrected chi connectivity index (χ1v) is 8.18. The van der Waals surface area contributed by atoms with E-state index in [1.54, 1.807) is 25.3 Å². The molecule has 27 heavy (non-hydrogen) atoms. The van der Waals surface area contributed by atoms with Crippen LogP contribution in [0.15, 0.2) is 30.3 Å². The molecule has 3 aromatic rings. The van der Waals surface area contributed by atoms with Crippen molar-refractivity contribution >= 4 is 22.6 Å². The lowest BCUT2D eigenvalue weighted by Crippen LogP contribution is -2.12. The van der Waals surface area contributed by atoms with Gasteiger partial charge < -0.3 is 29.2 Å². The SMILES string of the molecule is COCc1nc2ccc(NC(=O)c3cc(OC)c(OC)c(OC)c3)cc2[nH]1. The molecular formula is C19H21N3O5. The molecule has 0 aliphatic rings. The summed E-state index contributed by atoms with van der Waals surface area (Å²) in [5.74, 6) is 1.68. The molecule has 0 bridgehead atoms. The maximum absolute atomic E-state index is 12.7. The van der Waals surface area contributed by atoms with E-state index in [1.165, 1.54) is 21.3 Å². The van der Waals surface area contributed by atoms with Crippen LogP contribution in [0, 0.1) is 0 Å². The van der Waals surface area contributed by atoms with Crippen LogP contribution in [0.2, 0.25) is 0 Å². The summed E-state index contributed by atoms with van der Waals surface area (Å²) in [5.41, 5.74) is 2.63. The number of carbonyl (C=O) groups is 1. The number of H-pyrrole nitrogens is 1. The summed E-state index contributed by atoms with van der Waals surface area (Å²) in [6.45, 7) is 0.391. The highest BCUT2D eigenvalue weighted by Gasteiger charge is 2.17. The van der Waals surface area contributed by atoms with Crippen LogP contribution in [0.5, 0.6) is 17.2 Å². The van der Waals surface area contributed by atoms with Gasteiger partial charge in [-0.05, 0) is 30.3 Å². The van der Waals surface area contributed by atoms with Crippen molar-refractivity contribution in [1.29, 1.82) is 0 Å². The molecule has 3 rings (SSSR count). The summed E-state index contributed by atoms with van der Waals surface area (Å²) in [7, 11) is 6.12. The normalized spacial score (nSPS) is 10.7. The molecule has 0 fully saturated rings. The maximum atomic E-state index is 12.7. The molecule has 8 nitrogen and oxygen atoms in total. The molecule has 2 N–H and O–H groups in total. The Balaban J connectivity index is 1.87. The predicted octanol–water partition coefficient (Wildman–Crippen LogP) is 2.99. The van der Waals surface area contributed by atoms with Gasteiger partial charge in [-0.15, -0.1) is 0 Å². The smallest absolute Gasteiger partial charge is 0.255 e. The number of methoxy groups -OCH3 is 4. The highest BCUT2D eigenvalue weighted by Crippen LogP contribution is 2.38. The standard InChI is InChI=1S/C19H21N3O5/c1-24-10-17-21-13-6-5-12(9-14(13)22-17)20-19(23)11-7-15(25-2)18(27-4)16(8-11)26-3/h5-9H,10H2,1-4H3,(H,20,23)(H,21,22). The van der Waals surface area contributed by atoms with Crippen LogP contribution in [0.25, 0.3) is 11.0 Å². The Morgan fingerprint density at radius 2 is 1.74 bits per heavy atom. The number of ether oxygens (including phenoxy) is 4. The number of nitrogens with one attached hydrogen (secondary N) is 2. The van der Waals surface area contributed by atoms with Gasteiger partial charge >= 0.3 is 0 Å². The lowest BCUT2D eigenvalue weighted by atomic mass is 10.1. The number of fused-ring (bicyclic) bond motifs is 1. The van der Waals surface area contributed by atoms with Gasteiger partial charge in [0.1, 0.15) is 12.4 Å². The first kappa shape index (κ1) is 18.5. The Morgan fingerprint density at radius 3 is 2.33 bits per heavy atom. The summed E-state index contributed by atoms with van der Waals surface area (Å²) in [5, 5.41) is 2.86. The summed E-state index contributed by atoms with van der Waals surface area (Å²) >= 11 is 0. The van der Waals surface area contributed by atoms with Crippen molar-refractivity contribution in [2.45, 2.75) is 6.61 Å². The van der Waals surface area contributed by atoms with Crippen LogP contribution < -0.4 is 19.5 Å². The molecule has 0 radical (unpaired) electrons. The monoisotopic (exact) mass is 371 g/mol. The van der Waals surface area contributed by atoms with Gasteiger partial charge in [-0.25, -0.2) is 4.98 Å². The molecule has 2 aromatic carbocycles. The van der Waals surface area contributed by atoms with Gasteiger partial charge in [-0.3, -0.25) is 4.79 Å². The van der Waals surface area contributed by atoms with Gasteiger partial charge in [0.05, 0.1) is 32.4 Å². The predicted molar refractivity (Wildman–Crippen MR) is 101 cm³/mol. The second-order valence-corrected chi connectivity index (χ2v) is 5.72. The first-order valence-electron chi connectivity index (χ1n) is 8.18. The molecule has 0 unspecified atom stereocenters. The average molecular weight is 371 g/mol. The molecule has 0 atom stereocenters. The molecule has 142 valence electrons. The van der Waals surface area contributed by atoms with Gasteiger partial charge in [0.25, 0.3) is 5.91 Å². The fourth-order valence-electron chi connectivity index (χ4n) is 2.76. The maximum Gasteiger partial charge on any atom is 0.255 e. The number of nitrogens with zero attached hydrogens (tertiary/aromatic N) is 1. The highest BCUT2D eigenvalue weighted by molar-refractivity contribution is 6.05. The summed E-state index contributed by atoms with van der Waals surface area (Å²) in [6, 6.07) is 8.63. The number of amides is 1. The number of aromatic nitrogens is 2. The minimum atomic E-state index is -0.301. The van der Waals surface area contributed by atoms with Crippen molar-refractivity contribution in [3.05, 3.63) is 41.7 Å². The highest BCUT2D eigenvalue weighted by atomic mass is 16.5. The minimum Gasteiger partial charge on any atom is -0.493 e. The molecule has 1 amide bonds. The lowest BCUT2D eigenvalue weighted by molar-refractivity contribution is 0.102. The zero-order valence-electron chi connectivity index (χ0n) is 15.6. The second-order valence-electron chi connectivity index (χ2n) is 5.72. The Labute approximate surface area is 156 Å². The zero-order valence-corrected chi connectivity index (χ0v) is 15.6. The van der Waals surface area contributed by atoms with Crippen molar-refractivity contribution in [2.24, 2.45) is 0 Å².